The van der Waals surface area contributed by atoms with E-state index >= 15 is 0 Å². The molecule has 2 heterocycles. The van der Waals surface area contributed by atoms with Gasteiger partial charge >= 0.3 is 0 Å². The van der Waals surface area contributed by atoms with Gasteiger partial charge in [0.2, 0.25) is 0 Å². The highest BCUT2D eigenvalue weighted by molar-refractivity contribution is 6.34. The van der Waals surface area contributed by atoms with Crippen molar-refractivity contribution in [3.8, 4) is 101 Å². The van der Waals surface area contributed by atoms with Crippen LogP contribution in [0.25, 0.3) is 123 Å². The molecule has 0 saturated heterocycles. The highest BCUT2D eigenvalue weighted by Crippen LogP contribution is 2.48. The molecule has 0 radical (unpaired) electrons. The zero-order chi connectivity index (χ0) is 48.7. The molecule has 2 aromatic heterocycles. The van der Waals surface area contributed by atoms with Crippen molar-refractivity contribution >= 4 is 33.7 Å². The number of rotatable bonds is 10. The van der Waals surface area contributed by atoms with Crippen LogP contribution in [0.3, 0.4) is 0 Å². The lowest BCUT2D eigenvalue weighted by molar-refractivity contribution is 1.07. The van der Waals surface area contributed by atoms with Crippen LogP contribution in [0.4, 0.5) is 0 Å². The van der Waals surface area contributed by atoms with Gasteiger partial charge in [0.1, 0.15) is 11.6 Å². The van der Waals surface area contributed by atoms with E-state index in [0.717, 1.165) is 123 Å². The number of halogens is 1. The number of para-hydroxylation sites is 4. The Balaban J connectivity index is 1.11. The van der Waals surface area contributed by atoms with Gasteiger partial charge in [-0.2, -0.15) is 0 Å². The molecule has 0 bridgehead atoms. The molecule has 13 rings (SSSR count). The summed E-state index contributed by atoms with van der Waals surface area (Å²) in [6.45, 7) is 0. The number of imidazole rings is 2. The smallest absolute Gasteiger partial charge is 0.147 e. The normalized spacial score (nSPS) is 11.4. The van der Waals surface area contributed by atoms with Gasteiger partial charge in [0.25, 0.3) is 0 Å². The molecule has 0 aliphatic carbocycles. The van der Waals surface area contributed by atoms with E-state index in [4.69, 9.17) is 21.6 Å². The van der Waals surface area contributed by atoms with Crippen molar-refractivity contribution in [2.24, 2.45) is 0 Å². The fraction of sp³-hybridized carbons (Fsp3) is 0. The molecule has 13 aromatic rings. The number of hydrogen-bond donors (Lipinski definition) is 0. The molecule has 0 unspecified atom stereocenters. The predicted octanol–water partition coefficient (Wildman–Crippen LogP) is 18.4. The molecule has 0 amide bonds. The topological polar surface area (TPSA) is 35.6 Å². The summed E-state index contributed by atoms with van der Waals surface area (Å²) >= 11 is 8.15. The van der Waals surface area contributed by atoms with Crippen LogP contribution in [-0.4, -0.2) is 19.1 Å². The Morgan fingerprint density at radius 3 is 0.849 bits per heavy atom. The number of benzene rings is 11. The zero-order valence-electron chi connectivity index (χ0n) is 39.6. The average molecular weight is 954 g/mol. The first-order chi connectivity index (χ1) is 36.2. The molecule has 0 N–H and O–H groups in total. The van der Waals surface area contributed by atoms with E-state index in [-0.39, 0.29) is 0 Å². The second-order valence-electron chi connectivity index (χ2n) is 18.2. The molecular weight excluding hydrogens is 908 g/mol. The summed E-state index contributed by atoms with van der Waals surface area (Å²) < 4.78 is 4.52. The number of hydrogen-bond acceptors (Lipinski definition) is 2. The summed E-state index contributed by atoms with van der Waals surface area (Å²) in [6.07, 6.45) is 0. The van der Waals surface area contributed by atoms with Crippen LogP contribution in [0.5, 0.6) is 0 Å². The first-order valence-electron chi connectivity index (χ1n) is 24.6. The zero-order valence-corrected chi connectivity index (χ0v) is 40.4. The van der Waals surface area contributed by atoms with Gasteiger partial charge < -0.3 is 0 Å². The van der Waals surface area contributed by atoms with Crippen molar-refractivity contribution in [3.63, 3.8) is 0 Å². The van der Waals surface area contributed by atoms with Gasteiger partial charge in [-0.25, -0.2) is 9.97 Å². The van der Waals surface area contributed by atoms with Crippen molar-refractivity contribution < 1.29 is 0 Å². The molecule has 0 aliphatic rings. The van der Waals surface area contributed by atoms with Gasteiger partial charge in [-0.1, -0.05) is 224 Å². The van der Waals surface area contributed by atoms with E-state index in [1.165, 1.54) is 0 Å². The summed E-state index contributed by atoms with van der Waals surface area (Å²) in [4.78, 5) is 11.2. The first-order valence-corrected chi connectivity index (χ1v) is 25.0. The molecular formula is C68H45ClN4. The van der Waals surface area contributed by atoms with Gasteiger partial charge in [-0.05, 0) is 127 Å². The Labute approximate surface area is 429 Å². The van der Waals surface area contributed by atoms with Gasteiger partial charge in [0.05, 0.1) is 38.5 Å². The van der Waals surface area contributed by atoms with Crippen molar-refractivity contribution in [1.29, 1.82) is 0 Å². The van der Waals surface area contributed by atoms with Crippen LogP contribution in [0.2, 0.25) is 5.02 Å². The number of aromatic nitrogens is 4. The molecule has 344 valence electrons. The summed E-state index contributed by atoms with van der Waals surface area (Å²) in [5, 5.41) is 0.558. The highest BCUT2D eigenvalue weighted by Gasteiger charge is 2.28. The van der Waals surface area contributed by atoms with Gasteiger partial charge in [-0.15, -0.1) is 0 Å². The van der Waals surface area contributed by atoms with E-state index in [1.807, 2.05) is 0 Å². The molecule has 0 saturated carbocycles. The molecule has 0 spiro atoms. The van der Waals surface area contributed by atoms with Gasteiger partial charge in [-0.3, -0.25) is 9.13 Å². The van der Waals surface area contributed by atoms with Crippen LogP contribution in [0.1, 0.15) is 0 Å². The second kappa shape index (κ2) is 18.8. The van der Waals surface area contributed by atoms with Gasteiger partial charge in [0, 0.05) is 11.1 Å². The van der Waals surface area contributed by atoms with Crippen LogP contribution in [0, 0.1) is 0 Å². The van der Waals surface area contributed by atoms with Crippen LogP contribution < -0.4 is 0 Å². The average Bonchev–Trinajstić information content (AvgIpc) is 4.05. The van der Waals surface area contributed by atoms with Crippen molar-refractivity contribution in [3.05, 3.63) is 278 Å². The molecule has 73 heavy (non-hydrogen) atoms. The minimum atomic E-state index is 0.558. The molecule has 11 aromatic carbocycles. The lowest BCUT2D eigenvalue weighted by Crippen LogP contribution is -2.06. The SMILES string of the molecule is Clc1c(-n2c(-c3c(-c4ccccc4)cc(-c4ccccc4)cc3-c3ccccc3)nc3ccccc32)cccc1-n1c(-c2c(-c3ccccc3)cc(-c3ccccc3)cc2-c2ccccc2)nc2ccccc21. The molecule has 5 heteroatoms. The lowest BCUT2D eigenvalue weighted by atomic mass is 9.87. The van der Waals surface area contributed by atoms with Crippen molar-refractivity contribution in [2.75, 3.05) is 0 Å². The lowest BCUT2D eigenvalue weighted by Gasteiger charge is -2.22. The summed E-state index contributed by atoms with van der Waals surface area (Å²) in [7, 11) is 0. The number of nitrogens with zero attached hydrogens (tertiary/aromatic N) is 4. The maximum Gasteiger partial charge on any atom is 0.147 e. The minimum absolute atomic E-state index is 0.558. The van der Waals surface area contributed by atoms with Crippen molar-refractivity contribution in [2.45, 2.75) is 0 Å². The third-order valence-electron chi connectivity index (χ3n) is 13.8. The summed E-state index contributed by atoms with van der Waals surface area (Å²) in [5.74, 6) is 1.56. The van der Waals surface area contributed by atoms with Crippen molar-refractivity contribution in [1.82, 2.24) is 19.1 Å². The van der Waals surface area contributed by atoms with E-state index in [2.05, 4.69) is 282 Å². The Hall–Kier alpha value is -9.35. The molecule has 0 aliphatic heterocycles. The first kappa shape index (κ1) is 43.7. The minimum Gasteiger partial charge on any atom is -0.291 e. The molecule has 4 nitrogen and oxygen atoms in total. The Kier molecular flexibility index (Phi) is 11.2. The monoisotopic (exact) mass is 952 g/mol. The second-order valence-corrected chi connectivity index (χ2v) is 18.6. The maximum absolute atomic E-state index is 8.15. The van der Waals surface area contributed by atoms with E-state index in [9.17, 15) is 0 Å². The summed E-state index contributed by atoms with van der Waals surface area (Å²) in [5.41, 5.74) is 20.3. The fourth-order valence-electron chi connectivity index (χ4n) is 10.5. The van der Waals surface area contributed by atoms with Crippen LogP contribution in [-0.2, 0) is 0 Å². The van der Waals surface area contributed by atoms with E-state index in [0.29, 0.717) is 5.02 Å². The third kappa shape index (κ3) is 7.91. The highest BCUT2D eigenvalue weighted by atomic mass is 35.5. The maximum atomic E-state index is 8.15. The quantitative estimate of drug-likeness (QED) is 0.137. The Morgan fingerprint density at radius 1 is 0.260 bits per heavy atom. The third-order valence-corrected chi connectivity index (χ3v) is 14.2. The largest absolute Gasteiger partial charge is 0.291 e. The van der Waals surface area contributed by atoms with Crippen LogP contribution in [0.15, 0.2) is 273 Å². The van der Waals surface area contributed by atoms with E-state index in [1.54, 1.807) is 0 Å². The molecule has 0 atom stereocenters. The standard InChI is InChI=1S/C68H45ClN4/c69-66-62(72-60-38-21-19-36-58(60)70-67(72)64-54(48-28-11-3-12-29-48)42-52(46-24-7-1-8-25-46)43-55(64)49-30-13-4-14-31-49)40-23-41-63(66)73-61-39-22-20-37-59(61)71-68(73)65-56(50-32-15-5-16-33-50)44-53(47-26-9-2-10-27-47)45-57(65)51-34-17-6-18-35-51/h1-45H. The van der Waals surface area contributed by atoms with E-state index < -0.39 is 0 Å². The number of fused-ring (bicyclic) bond motifs is 2. The van der Waals surface area contributed by atoms with Crippen LogP contribution >= 0.6 is 11.6 Å². The fourth-order valence-corrected chi connectivity index (χ4v) is 10.8. The molecule has 0 fully saturated rings. The predicted molar refractivity (Wildman–Crippen MR) is 304 cm³/mol. The Bertz CT molecular complexity index is 3720. The van der Waals surface area contributed by atoms with Gasteiger partial charge in [0.15, 0.2) is 0 Å². The Morgan fingerprint density at radius 2 is 0.534 bits per heavy atom. The summed E-state index contributed by atoms with van der Waals surface area (Å²) in [6, 6.07) is 96.2.